The first kappa shape index (κ1) is 17.2. The molecular weight excluding hydrogens is 278 g/mol. The van der Waals surface area contributed by atoms with Crippen molar-refractivity contribution in [1.82, 2.24) is 5.32 Å². The van der Waals surface area contributed by atoms with Crippen molar-refractivity contribution in [3.8, 4) is 11.5 Å². The molecule has 7 heteroatoms. The molecule has 0 spiro atoms. The normalized spacial score (nSPS) is 13.5. The first-order chi connectivity index (χ1) is 10.0. The van der Waals surface area contributed by atoms with Crippen LogP contribution in [-0.2, 0) is 4.79 Å². The van der Waals surface area contributed by atoms with E-state index >= 15 is 0 Å². The Balaban J connectivity index is 3.10. The number of likely N-dealkylation sites (N-methyl/N-ethyl adjacent to an activating group) is 1. The fraction of sp³-hybridized carbons (Fsp3) is 0.500. The van der Waals surface area contributed by atoms with Gasteiger partial charge in [0.05, 0.1) is 12.7 Å². The van der Waals surface area contributed by atoms with Crippen LogP contribution in [0, 0.1) is 0 Å². The van der Waals surface area contributed by atoms with Gasteiger partial charge in [0.1, 0.15) is 6.10 Å². The van der Waals surface area contributed by atoms with E-state index in [2.05, 4.69) is 5.32 Å². The van der Waals surface area contributed by atoms with Crippen molar-refractivity contribution in [2.45, 2.75) is 19.1 Å². The quantitative estimate of drug-likeness (QED) is 0.514. The zero-order chi connectivity index (χ0) is 15.8. The third kappa shape index (κ3) is 4.89. The summed E-state index contributed by atoms with van der Waals surface area (Å²) in [5, 5.41) is 31.5. The molecule has 4 N–H and O–H groups in total. The molecule has 2 atom stereocenters. The van der Waals surface area contributed by atoms with Gasteiger partial charge in [0.2, 0.25) is 0 Å². The lowest BCUT2D eigenvalue weighted by molar-refractivity contribution is -0.139. The number of carboxylic acids is 1. The number of hydrogen-bond donors (Lipinski definition) is 4. The number of para-hydroxylation sites is 1. The van der Waals surface area contributed by atoms with Crippen molar-refractivity contribution in [3.63, 3.8) is 0 Å². The molecule has 0 heterocycles. The second kappa shape index (κ2) is 8.46. The van der Waals surface area contributed by atoms with Gasteiger partial charge in [-0.2, -0.15) is 0 Å². The smallest absolute Gasteiger partial charge is 0.341 e. The molecule has 0 saturated carbocycles. The molecular formula is C14H21NO6. The summed E-state index contributed by atoms with van der Waals surface area (Å²) in [5.74, 6) is -0.686. The zero-order valence-corrected chi connectivity index (χ0v) is 12.1. The Morgan fingerprint density at radius 2 is 2.05 bits per heavy atom. The van der Waals surface area contributed by atoms with Gasteiger partial charge in [-0.1, -0.05) is 12.1 Å². The number of rotatable bonds is 9. The van der Waals surface area contributed by atoms with Crippen molar-refractivity contribution < 1.29 is 29.6 Å². The molecule has 7 nitrogen and oxygen atoms in total. The van der Waals surface area contributed by atoms with E-state index in [1.807, 2.05) is 0 Å². The standard InChI is InChI=1S/C14H21NO6/c1-3-20-11-6-4-5-9(13(19)10(16)7-15-2)14(11)21-8-12(17)18/h4-6,10,13,15-16,19H,3,7-8H2,1-2H3,(H,17,18). The van der Waals surface area contributed by atoms with Gasteiger partial charge in [-0.15, -0.1) is 0 Å². The maximum atomic E-state index is 10.7. The van der Waals surface area contributed by atoms with E-state index < -0.39 is 24.8 Å². The van der Waals surface area contributed by atoms with Crippen molar-refractivity contribution in [2.24, 2.45) is 0 Å². The average Bonchev–Trinajstić information content (AvgIpc) is 2.45. The number of aliphatic hydroxyl groups excluding tert-OH is 2. The minimum absolute atomic E-state index is 0.129. The number of carbonyl (C=O) groups is 1. The summed E-state index contributed by atoms with van der Waals surface area (Å²) in [5.41, 5.74) is 0.282. The zero-order valence-electron chi connectivity index (χ0n) is 12.1. The van der Waals surface area contributed by atoms with Gasteiger partial charge in [-0.05, 0) is 20.0 Å². The number of aliphatic carboxylic acids is 1. The molecule has 118 valence electrons. The Labute approximate surface area is 123 Å². The molecule has 1 aromatic carbocycles. The van der Waals surface area contributed by atoms with Gasteiger partial charge in [-0.25, -0.2) is 4.79 Å². The van der Waals surface area contributed by atoms with Crippen LogP contribution in [0.15, 0.2) is 18.2 Å². The van der Waals surface area contributed by atoms with Crippen LogP contribution in [0.4, 0.5) is 0 Å². The molecule has 0 fully saturated rings. The Kier molecular flexibility index (Phi) is 6.93. The highest BCUT2D eigenvalue weighted by molar-refractivity contribution is 5.68. The van der Waals surface area contributed by atoms with Crippen molar-refractivity contribution in [1.29, 1.82) is 0 Å². The number of carboxylic acid groups (broad SMARTS) is 1. The highest BCUT2D eigenvalue weighted by Crippen LogP contribution is 2.36. The molecule has 2 unspecified atom stereocenters. The van der Waals surface area contributed by atoms with Crippen LogP contribution < -0.4 is 14.8 Å². The summed E-state index contributed by atoms with van der Waals surface area (Å²) in [4.78, 5) is 10.7. The predicted molar refractivity (Wildman–Crippen MR) is 75.6 cm³/mol. The largest absolute Gasteiger partial charge is 0.490 e. The van der Waals surface area contributed by atoms with E-state index in [1.54, 1.807) is 32.2 Å². The van der Waals surface area contributed by atoms with Gasteiger partial charge in [0, 0.05) is 12.1 Å². The lowest BCUT2D eigenvalue weighted by Gasteiger charge is -2.22. The third-order valence-electron chi connectivity index (χ3n) is 2.75. The first-order valence-electron chi connectivity index (χ1n) is 6.62. The Bertz CT molecular complexity index is 465. The van der Waals surface area contributed by atoms with Crippen LogP contribution in [0.5, 0.6) is 11.5 Å². The Morgan fingerprint density at radius 1 is 1.33 bits per heavy atom. The summed E-state index contributed by atoms with van der Waals surface area (Å²) >= 11 is 0. The van der Waals surface area contributed by atoms with Crippen LogP contribution >= 0.6 is 0 Å². The summed E-state index contributed by atoms with van der Waals surface area (Å²) in [6.07, 6.45) is -2.28. The molecule has 0 aliphatic heterocycles. The molecule has 0 aromatic heterocycles. The first-order valence-corrected chi connectivity index (χ1v) is 6.62. The topological polar surface area (TPSA) is 108 Å². The maximum Gasteiger partial charge on any atom is 0.341 e. The highest BCUT2D eigenvalue weighted by atomic mass is 16.5. The van der Waals surface area contributed by atoms with Gasteiger partial charge >= 0.3 is 5.97 Å². The molecule has 0 radical (unpaired) electrons. The van der Waals surface area contributed by atoms with Crippen molar-refractivity contribution in [3.05, 3.63) is 23.8 Å². The number of hydrogen-bond acceptors (Lipinski definition) is 6. The van der Waals surface area contributed by atoms with E-state index in [-0.39, 0.29) is 17.9 Å². The highest BCUT2D eigenvalue weighted by Gasteiger charge is 2.24. The summed E-state index contributed by atoms with van der Waals surface area (Å²) < 4.78 is 10.6. The molecule has 21 heavy (non-hydrogen) atoms. The lowest BCUT2D eigenvalue weighted by atomic mass is 10.0. The van der Waals surface area contributed by atoms with E-state index in [9.17, 15) is 15.0 Å². The number of aliphatic hydroxyl groups is 2. The molecule has 0 amide bonds. The molecule has 0 aliphatic carbocycles. The monoisotopic (exact) mass is 299 g/mol. The molecule has 0 bridgehead atoms. The second-order valence-corrected chi connectivity index (χ2v) is 4.36. The summed E-state index contributed by atoms with van der Waals surface area (Å²) in [6, 6.07) is 4.81. The maximum absolute atomic E-state index is 10.7. The van der Waals surface area contributed by atoms with E-state index in [1.165, 1.54) is 0 Å². The van der Waals surface area contributed by atoms with Crippen LogP contribution in [0.2, 0.25) is 0 Å². The van der Waals surface area contributed by atoms with Gasteiger partial charge in [0.25, 0.3) is 0 Å². The van der Waals surface area contributed by atoms with Gasteiger partial charge < -0.3 is 30.1 Å². The molecule has 0 aliphatic rings. The van der Waals surface area contributed by atoms with Crippen LogP contribution in [0.25, 0.3) is 0 Å². The van der Waals surface area contributed by atoms with Gasteiger partial charge in [-0.3, -0.25) is 0 Å². The number of benzene rings is 1. The van der Waals surface area contributed by atoms with Crippen LogP contribution in [-0.4, -0.2) is 54.2 Å². The van der Waals surface area contributed by atoms with Crippen molar-refractivity contribution in [2.75, 3.05) is 26.8 Å². The second-order valence-electron chi connectivity index (χ2n) is 4.36. The molecule has 1 rings (SSSR count). The number of ether oxygens (including phenoxy) is 2. The summed E-state index contributed by atoms with van der Waals surface area (Å²) in [7, 11) is 1.65. The average molecular weight is 299 g/mol. The Hall–Kier alpha value is -1.83. The molecule has 1 aromatic rings. The Morgan fingerprint density at radius 3 is 2.62 bits per heavy atom. The third-order valence-corrected chi connectivity index (χ3v) is 2.75. The predicted octanol–water partition coefficient (Wildman–Crippen LogP) is 0.162. The SMILES string of the molecule is CCOc1cccc(C(O)C(O)CNC)c1OCC(=O)O. The minimum atomic E-state index is -1.22. The fourth-order valence-electron chi connectivity index (χ4n) is 1.85. The van der Waals surface area contributed by atoms with E-state index in [0.717, 1.165) is 0 Å². The molecule has 0 saturated heterocycles. The van der Waals surface area contributed by atoms with Gasteiger partial charge in [0.15, 0.2) is 18.1 Å². The van der Waals surface area contributed by atoms with Crippen LogP contribution in [0.1, 0.15) is 18.6 Å². The van der Waals surface area contributed by atoms with Crippen molar-refractivity contribution >= 4 is 5.97 Å². The fourth-order valence-corrected chi connectivity index (χ4v) is 1.85. The number of nitrogens with one attached hydrogen (secondary N) is 1. The van der Waals surface area contributed by atoms with Crippen LogP contribution in [0.3, 0.4) is 0 Å². The lowest BCUT2D eigenvalue weighted by Crippen LogP contribution is -2.30. The van der Waals surface area contributed by atoms with E-state index in [0.29, 0.717) is 12.4 Å². The van der Waals surface area contributed by atoms with E-state index in [4.69, 9.17) is 14.6 Å². The minimum Gasteiger partial charge on any atom is -0.490 e. The summed E-state index contributed by atoms with van der Waals surface area (Å²) in [6.45, 7) is 1.76.